The maximum atomic E-state index is 13.2. The van der Waals surface area contributed by atoms with Crippen molar-refractivity contribution in [3.63, 3.8) is 0 Å². The number of fused-ring (bicyclic) bond motifs is 1. The lowest BCUT2D eigenvalue weighted by Crippen LogP contribution is -2.35. The van der Waals surface area contributed by atoms with E-state index in [1.54, 1.807) is 17.7 Å². The number of nitrogens with one attached hydrogen (secondary N) is 1. The summed E-state index contributed by atoms with van der Waals surface area (Å²) in [6.07, 6.45) is 4.02. The molecule has 27 heavy (non-hydrogen) atoms. The van der Waals surface area contributed by atoms with Gasteiger partial charge in [0.1, 0.15) is 17.0 Å². The third kappa shape index (κ3) is 3.41. The van der Waals surface area contributed by atoms with Gasteiger partial charge >= 0.3 is 0 Å². The monoisotopic (exact) mass is 380 g/mol. The number of hydrogen-bond acceptors (Lipinski definition) is 5. The molecule has 1 aromatic carbocycles. The van der Waals surface area contributed by atoms with Gasteiger partial charge in [-0.15, -0.1) is 11.3 Å². The smallest absolute Gasteiger partial charge is 0.257 e. The van der Waals surface area contributed by atoms with Gasteiger partial charge in [0.25, 0.3) is 5.91 Å². The summed E-state index contributed by atoms with van der Waals surface area (Å²) in [7, 11) is 0. The number of piperidine rings is 1. The summed E-state index contributed by atoms with van der Waals surface area (Å²) in [5.74, 6) is 1.44. The van der Waals surface area contributed by atoms with Crippen LogP contribution in [-0.2, 0) is 0 Å². The van der Waals surface area contributed by atoms with E-state index in [4.69, 9.17) is 0 Å². The molecule has 3 aromatic rings. The highest BCUT2D eigenvalue weighted by Crippen LogP contribution is 2.36. The second-order valence-corrected chi connectivity index (χ2v) is 8.58. The Morgan fingerprint density at radius 2 is 2.07 bits per heavy atom. The Morgan fingerprint density at radius 3 is 2.85 bits per heavy atom. The van der Waals surface area contributed by atoms with Gasteiger partial charge in [-0.05, 0) is 44.2 Å². The molecule has 0 radical (unpaired) electrons. The lowest BCUT2D eigenvalue weighted by atomic mass is 10.00. The second-order valence-electron chi connectivity index (χ2n) is 7.37. The maximum Gasteiger partial charge on any atom is 0.257 e. The average Bonchev–Trinajstić information content (AvgIpc) is 2.99. The standard InChI is InChI=1S/C21H24N4OS/c1-13-7-6-10-25(11-13)19-18-17(15(3)27-21(18)23-12-22-19)20(26)24-16-9-5-4-8-14(16)2/h4-5,8-9,12-13H,6-7,10-11H2,1-3H3,(H,24,26)/t13-/m1/s1. The third-order valence-corrected chi connectivity index (χ3v) is 6.23. The SMILES string of the molecule is Cc1ccccc1NC(=O)c1c(C)sc2ncnc(N3CCC[C@@H](C)C3)c12. The maximum absolute atomic E-state index is 13.2. The summed E-state index contributed by atoms with van der Waals surface area (Å²) in [6, 6.07) is 7.84. The molecule has 0 bridgehead atoms. The van der Waals surface area contributed by atoms with Crippen LogP contribution >= 0.6 is 11.3 Å². The topological polar surface area (TPSA) is 58.1 Å². The molecule has 0 spiro atoms. The predicted molar refractivity (Wildman–Crippen MR) is 112 cm³/mol. The predicted octanol–water partition coefficient (Wildman–Crippen LogP) is 4.80. The number of anilines is 2. The molecule has 0 unspecified atom stereocenters. The highest BCUT2D eigenvalue weighted by molar-refractivity contribution is 7.19. The first-order valence-electron chi connectivity index (χ1n) is 9.40. The van der Waals surface area contributed by atoms with Crippen molar-refractivity contribution in [3.05, 3.63) is 46.6 Å². The van der Waals surface area contributed by atoms with Crippen molar-refractivity contribution in [1.29, 1.82) is 0 Å². The lowest BCUT2D eigenvalue weighted by molar-refractivity contribution is 0.102. The number of hydrogen-bond donors (Lipinski definition) is 1. The van der Waals surface area contributed by atoms with Crippen LogP contribution in [-0.4, -0.2) is 29.0 Å². The van der Waals surface area contributed by atoms with Gasteiger partial charge in [0.15, 0.2) is 0 Å². The Balaban J connectivity index is 1.77. The number of thiophene rings is 1. The van der Waals surface area contributed by atoms with E-state index >= 15 is 0 Å². The molecule has 1 N–H and O–H groups in total. The number of carbonyl (C=O) groups excluding carboxylic acids is 1. The molecule has 4 rings (SSSR count). The molecule has 1 amide bonds. The molecule has 1 saturated heterocycles. The number of rotatable bonds is 3. The van der Waals surface area contributed by atoms with Gasteiger partial charge in [0.05, 0.1) is 10.9 Å². The summed E-state index contributed by atoms with van der Waals surface area (Å²) in [6.45, 7) is 8.21. The van der Waals surface area contributed by atoms with Crippen molar-refractivity contribution in [1.82, 2.24) is 9.97 Å². The van der Waals surface area contributed by atoms with Crippen molar-refractivity contribution >= 4 is 39.0 Å². The fourth-order valence-electron chi connectivity index (χ4n) is 3.82. The number of aromatic nitrogens is 2. The molecule has 140 valence electrons. The number of aryl methyl sites for hydroxylation is 2. The Kier molecular flexibility index (Phi) is 4.83. The van der Waals surface area contributed by atoms with Gasteiger partial charge < -0.3 is 10.2 Å². The third-order valence-electron chi connectivity index (χ3n) is 5.22. The number of amides is 1. The van der Waals surface area contributed by atoms with Crippen LogP contribution in [0.4, 0.5) is 11.5 Å². The Bertz CT molecular complexity index is 997. The van der Waals surface area contributed by atoms with Crippen LogP contribution in [0.15, 0.2) is 30.6 Å². The average molecular weight is 381 g/mol. The first kappa shape index (κ1) is 17.9. The van der Waals surface area contributed by atoms with Crippen LogP contribution in [0.5, 0.6) is 0 Å². The molecule has 3 heterocycles. The summed E-state index contributed by atoms with van der Waals surface area (Å²) in [5, 5.41) is 3.97. The molecular weight excluding hydrogens is 356 g/mol. The van der Waals surface area contributed by atoms with Crippen molar-refractivity contribution in [2.45, 2.75) is 33.6 Å². The molecule has 5 nitrogen and oxygen atoms in total. The van der Waals surface area contributed by atoms with Gasteiger partial charge in [-0.2, -0.15) is 0 Å². The van der Waals surface area contributed by atoms with E-state index in [-0.39, 0.29) is 5.91 Å². The molecule has 1 aliphatic rings. The molecular formula is C21H24N4OS. The minimum atomic E-state index is -0.0887. The summed E-state index contributed by atoms with van der Waals surface area (Å²) < 4.78 is 0. The zero-order chi connectivity index (χ0) is 19.0. The fraction of sp³-hybridized carbons (Fsp3) is 0.381. The number of benzene rings is 1. The van der Waals surface area contributed by atoms with Crippen LogP contribution in [0.1, 0.15) is 40.6 Å². The fourth-order valence-corrected chi connectivity index (χ4v) is 4.80. The molecule has 1 aliphatic heterocycles. The van der Waals surface area contributed by atoms with Gasteiger partial charge in [0.2, 0.25) is 0 Å². The van der Waals surface area contributed by atoms with E-state index in [0.717, 1.165) is 51.7 Å². The number of para-hydroxylation sites is 1. The zero-order valence-electron chi connectivity index (χ0n) is 16.0. The Labute approximate surface area is 163 Å². The van der Waals surface area contributed by atoms with Crippen LogP contribution < -0.4 is 10.2 Å². The minimum Gasteiger partial charge on any atom is -0.356 e. The second kappa shape index (κ2) is 7.27. The molecule has 2 aromatic heterocycles. The summed E-state index contributed by atoms with van der Waals surface area (Å²) in [5.41, 5.74) is 2.59. The van der Waals surface area contributed by atoms with Crippen molar-refractivity contribution < 1.29 is 4.79 Å². The first-order chi connectivity index (χ1) is 13.0. The van der Waals surface area contributed by atoms with Crippen molar-refractivity contribution in [2.75, 3.05) is 23.3 Å². The minimum absolute atomic E-state index is 0.0887. The van der Waals surface area contributed by atoms with Crippen molar-refractivity contribution in [3.8, 4) is 0 Å². The molecule has 6 heteroatoms. The van der Waals surface area contributed by atoms with Gasteiger partial charge in [-0.3, -0.25) is 4.79 Å². The van der Waals surface area contributed by atoms with E-state index in [2.05, 4.69) is 27.1 Å². The van der Waals surface area contributed by atoms with Crippen LogP contribution in [0.2, 0.25) is 0 Å². The van der Waals surface area contributed by atoms with Gasteiger partial charge in [0, 0.05) is 23.7 Å². The quantitative estimate of drug-likeness (QED) is 0.709. The van der Waals surface area contributed by atoms with E-state index in [9.17, 15) is 4.79 Å². The van der Waals surface area contributed by atoms with E-state index < -0.39 is 0 Å². The lowest BCUT2D eigenvalue weighted by Gasteiger charge is -2.32. The molecule has 1 atom stereocenters. The van der Waals surface area contributed by atoms with E-state index in [1.165, 1.54) is 6.42 Å². The first-order valence-corrected chi connectivity index (χ1v) is 10.2. The van der Waals surface area contributed by atoms with Crippen molar-refractivity contribution in [2.24, 2.45) is 5.92 Å². The van der Waals surface area contributed by atoms with Crippen LogP contribution in [0.25, 0.3) is 10.2 Å². The van der Waals surface area contributed by atoms with E-state index in [1.807, 2.05) is 38.1 Å². The summed E-state index contributed by atoms with van der Waals surface area (Å²) >= 11 is 1.56. The molecule has 0 saturated carbocycles. The van der Waals surface area contributed by atoms with Gasteiger partial charge in [-0.25, -0.2) is 9.97 Å². The zero-order valence-corrected chi connectivity index (χ0v) is 16.8. The Hall–Kier alpha value is -2.47. The number of nitrogens with zero attached hydrogens (tertiary/aromatic N) is 3. The van der Waals surface area contributed by atoms with Crippen LogP contribution in [0, 0.1) is 19.8 Å². The largest absolute Gasteiger partial charge is 0.356 e. The van der Waals surface area contributed by atoms with Gasteiger partial charge in [-0.1, -0.05) is 25.1 Å². The normalized spacial score (nSPS) is 17.3. The van der Waals surface area contributed by atoms with Crippen LogP contribution in [0.3, 0.4) is 0 Å². The highest BCUT2D eigenvalue weighted by Gasteiger charge is 2.26. The Morgan fingerprint density at radius 1 is 1.26 bits per heavy atom. The highest BCUT2D eigenvalue weighted by atomic mass is 32.1. The molecule has 1 fully saturated rings. The molecule has 0 aliphatic carbocycles. The number of carbonyl (C=O) groups is 1. The van der Waals surface area contributed by atoms with E-state index in [0.29, 0.717) is 11.5 Å². The summed E-state index contributed by atoms with van der Waals surface area (Å²) in [4.78, 5) is 26.4.